The molecule has 0 saturated heterocycles. The first-order valence-corrected chi connectivity index (χ1v) is 10.4. The van der Waals surface area contributed by atoms with Gasteiger partial charge in [0.1, 0.15) is 5.69 Å². The Labute approximate surface area is 183 Å². The van der Waals surface area contributed by atoms with Crippen LogP contribution in [0.2, 0.25) is 0 Å². The highest BCUT2D eigenvalue weighted by atomic mass is 35.5. The van der Waals surface area contributed by atoms with Gasteiger partial charge in [0, 0.05) is 46.5 Å². The molecular weight excluding hydrogens is 418 g/mol. The quantitative estimate of drug-likeness (QED) is 0.443. The minimum Gasteiger partial charge on any atom is -0.493 e. The second-order valence-electron chi connectivity index (χ2n) is 7.50. The standard InChI is InChI=1S/C23H22ClN3O4/c1-29-18-9-12-8-16(26-20(12)22(31-3)21(18)30-2)23(28)27-11-13(10-24)19-14-6-7-25-15(14)4-5-17(19)27/h4-9,13,25-26H,10-11H2,1-3H3. The van der Waals surface area contributed by atoms with E-state index < -0.39 is 0 Å². The molecule has 0 fully saturated rings. The van der Waals surface area contributed by atoms with E-state index in [9.17, 15) is 4.79 Å². The van der Waals surface area contributed by atoms with Crippen molar-refractivity contribution in [3.05, 3.63) is 47.8 Å². The van der Waals surface area contributed by atoms with Crippen LogP contribution in [-0.4, -0.2) is 49.6 Å². The van der Waals surface area contributed by atoms with Crippen LogP contribution in [0.25, 0.3) is 21.8 Å². The molecule has 2 N–H and O–H groups in total. The van der Waals surface area contributed by atoms with Crippen LogP contribution in [0.4, 0.5) is 5.69 Å². The van der Waals surface area contributed by atoms with Gasteiger partial charge in [-0.25, -0.2) is 0 Å². The van der Waals surface area contributed by atoms with Crippen molar-refractivity contribution in [2.75, 3.05) is 38.7 Å². The fraction of sp³-hybridized carbons (Fsp3) is 0.261. The Morgan fingerprint density at radius 1 is 1.13 bits per heavy atom. The van der Waals surface area contributed by atoms with Gasteiger partial charge in [-0.3, -0.25) is 4.79 Å². The third kappa shape index (κ3) is 2.84. The molecule has 0 saturated carbocycles. The van der Waals surface area contributed by atoms with Crippen LogP contribution in [0.1, 0.15) is 22.0 Å². The number of rotatable bonds is 5. The molecule has 3 heterocycles. The molecule has 7 nitrogen and oxygen atoms in total. The highest BCUT2D eigenvalue weighted by Crippen LogP contribution is 2.45. The summed E-state index contributed by atoms with van der Waals surface area (Å²) in [7, 11) is 4.68. The predicted octanol–water partition coefficient (Wildman–Crippen LogP) is 4.66. The molecule has 1 aliphatic rings. The number of anilines is 1. The number of alkyl halides is 1. The summed E-state index contributed by atoms with van der Waals surface area (Å²) in [6, 6.07) is 9.65. The number of methoxy groups -OCH3 is 3. The first-order valence-electron chi connectivity index (χ1n) is 9.90. The molecule has 0 aliphatic carbocycles. The van der Waals surface area contributed by atoms with Gasteiger partial charge in [0.2, 0.25) is 5.75 Å². The van der Waals surface area contributed by atoms with Gasteiger partial charge in [-0.2, -0.15) is 0 Å². The van der Waals surface area contributed by atoms with E-state index in [4.69, 9.17) is 25.8 Å². The zero-order valence-electron chi connectivity index (χ0n) is 17.4. The normalized spacial score (nSPS) is 15.5. The van der Waals surface area contributed by atoms with E-state index in [1.807, 2.05) is 36.5 Å². The third-order valence-corrected chi connectivity index (χ3v) is 6.31. The number of nitrogens with one attached hydrogen (secondary N) is 2. The molecule has 2 aromatic carbocycles. The lowest BCUT2D eigenvalue weighted by Gasteiger charge is -2.17. The summed E-state index contributed by atoms with van der Waals surface area (Å²) in [6.07, 6.45) is 1.91. The van der Waals surface area contributed by atoms with Crippen LogP contribution in [-0.2, 0) is 0 Å². The van der Waals surface area contributed by atoms with Crippen LogP contribution in [0.3, 0.4) is 0 Å². The molecule has 0 spiro atoms. The van der Waals surface area contributed by atoms with Crippen LogP contribution >= 0.6 is 11.6 Å². The van der Waals surface area contributed by atoms with Crippen LogP contribution in [0.15, 0.2) is 36.5 Å². The molecule has 160 valence electrons. The van der Waals surface area contributed by atoms with Crippen LogP contribution in [0.5, 0.6) is 17.2 Å². The number of nitrogens with zero attached hydrogens (tertiary/aromatic N) is 1. The van der Waals surface area contributed by atoms with Gasteiger partial charge >= 0.3 is 0 Å². The molecule has 1 atom stereocenters. The summed E-state index contributed by atoms with van der Waals surface area (Å²) in [4.78, 5) is 21.8. The Balaban J connectivity index is 1.61. The SMILES string of the molecule is COc1cc2cc(C(=O)N3CC(CCl)c4c3ccc3[nH]ccc43)[nH]c2c(OC)c1OC. The predicted molar refractivity (Wildman–Crippen MR) is 121 cm³/mol. The van der Waals surface area contributed by atoms with Crippen molar-refractivity contribution in [2.24, 2.45) is 0 Å². The first-order chi connectivity index (χ1) is 15.1. The molecule has 1 amide bonds. The van der Waals surface area contributed by atoms with Crippen LogP contribution < -0.4 is 19.1 Å². The summed E-state index contributed by atoms with van der Waals surface area (Å²) >= 11 is 6.29. The lowest BCUT2D eigenvalue weighted by molar-refractivity contribution is 0.0984. The van der Waals surface area contributed by atoms with Crippen molar-refractivity contribution < 1.29 is 19.0 Å². The highest BCUT2D eigenvalue weighted by molar-refractivity contribution is 6.19. The van der Waals surface area contributed by atoms with Gasteiger partial charge in [0.25, 0.3) is 5.91 Å². The molecule has 4 aromatic rings. The highest BCUT2D eigenvalue weighted by Gasteiger charge is 2.35. The van der Waals surface area contributed by atoms with E-state index in [-0.39, 0.29) is 11.8 Å². The van der Waals surface area contributed by atoms with E-state index in [1.165, 1.54) is 0 Å². The number of ether oxygens (including phenoxy) is 3. The van der Waals surface area contributed by atoms with E-state index in [1.54, 1.807) is 26.2 Å². The van der Waals surface area contributed by atoms with Gasteiger partial charge in [-0.05, 0) is 35.9 Å². The molecule has 1 aliphatic heterocycles. The Hall–Kier alpha value is -3.32. The van der Waals surface area contributed by atoms with Crippen molar-refractivity contribution >= 4 is 45.0 Å². The fourth-order valence-corrected chi connectivity index (χ4v) is 4.79. The number of carbonyl (C=O) groups is 1. The summed E-state index contributed by atoms with van der Waals surface area (Å²) in [6.45, 7) is 0.529. The van der Waals surface area contributed by atoms with E-state index in [2.05, 4.69) is 9.97 Å². The number of hydrogen-bond acceptors (Lipinski definition) is 4. The third-order valence-electron chi connectivity index (χ3n) is 5.94. The topological polar surface area (TPSA) is 79.6 Å². The van der Waals surface area contributed by atoms with Crippen molar-refractivity contribution in [2.45, 2.75) is 5.92 Å². The van der Waals surface area contributed by atoms with E-state index in [0.29, 0.717) is 40.9 Å². The molecule has 0 bridgehead atoms. The zero-order chi connectivity index (χ0) is 21.7. The van der Waals surface area contributed by atoms with E-state index in [0.717, 1.165) is 27.5 Å². The monoisotopic (exact) mass is 439 g/mol. The fourth-order valence-electron chi connectivity index (χ4n) is 4.54. The maximum absolute atomic E-state index is 13.6. The summed E-state index contributed by atoms with van der Waals surface area (Å²) in [5.74, 6) is 1.88. The van der Waals surface area contributed by atoms with Crippen molar-refractivity contribution in [1.29, 1.82) is 0 Å². The largest absolute Gasteiger partial charge is 0.493 e. The second-order valence-corrected chi connectivity index (χ2v) is 7.81. The lowest BCUT2D eigenvalue weighted by atomic mass is 9.99. The summed E-state index contributed by atoms with van der Waals surface area (Å²) < 4.78 is 16.5. The molecule has 0 radical (unpaired) electrons. The van der Waals surface area contributed by atoms with Gasteiger partial charge in [-0.1, -0.05) is 0 Å². The summed E-state index contributed by atoms with van der Waals surface area (Å²) in [5.41, 5.74) is 4.18. The molecule has 8 heteroatoms. The Morgan fingerprint density at radius 2 is 1.94 bits per heavy atom. The molecule has 5 rings (SSSR count). The maximum atomic E-state index is 13.6. The Morgan fingerprint density at radius 3 is 2.65 bits per heavy atom. The first kappa shape index (κ1) is 19.6. The zero-order valence-corrected chi connectivity index (χ0v) is 18.2. The maximum Gasteiger partial charge on any atom is 0.274 e. The number of hydrogen-bond donors (Lipinski definition) is 2. The number of H-pyrrole nitrogens is 2. The van der Waals surface area contributed by atoms with Gasteiger partial charge in [-0.15, -0.1) is 11.6 Å². The minimum absolute atomic E-state index is 0.0687. The number of halogens is 1. The van der Waals surface area contributed by atoms with Crippen molar-refractivity contribution in [3.8, 4) is 17.2 Å². The number of aromatic amines is 2. The van der Waals surface area contributed by atoms with Crippen LogP contribution in [0, 0.1) is 0 Å². The van der Waals surface area contributed by atoms with Crippen molar-refractivity contribution in [1.82, 2.24) is 9.97 Å². The second kappa shape index (κ2) is 7.42. The molecular formula is C23H22ClN3O4. The number of aromatic nitrogens is 2. The smallest absolute Gasteiger partial charge is 0.274 e. The molecule has 31 heavy (non-hydrogen) atoms. The lowest BCUT2D eigenvalue weighted by Crippen LogP contribution is -2.30. The van der Waals surface area contributed by atoms with Gasteiger partial charge < -0.3 is 29.1 Å². The number of benzene rings is 2. The number of amides is 1. The molecule has 1 unspecified atom stereocenters. The molecule has 2 aromatic heterocycles. The average Bonchev–Trinajstić information content (AvgIpc) is 3.52. The van der Waals surface area contributed by atoms with Crippen molar-refractivity contribution in [3.63, 3.8) is 0 Å². The summed E-state index contributed by atoms with van der Waals surface area (Å²) in [5, 5.41) is 1.90. The van der Waals surface area contributed by atoms with Gasteiger partial charge in [0.15, 0.2) is 11.5 Å². The van der Waals surface area contributed by atoms with Gasteiger partial charge in [0.05, 0.1) is 26.8 Å². The Bertz CT molecular complexity index is 1310. The van der Waals surface area contributed by atoms with E-state index >= 15 is 0 Å². The minimum atomic E-state index is -0.125. The average molecular weight is 440 g/mol. The number of carbonyl (C=O) groups excluding carboxylic acids is 1. The number of fused-ring (bicyclic) bond motifs is 4. The Kier molecular flexibility index (Phi) is 4.70.